The van der Waals surface area contributed by atoms with Crippen LogP contribution in [-0.2, 0) is 14.4 Å². The van der Waals surface area contributed by atoms with Crippen molar-refractivity contribution in [3.63, 3.8) is 0 Å². The van der Waals surface area contributed by atoms with Gasteiger partial charge in [-0.1, -0.05) is 5.16 Å². The average Bonchev–Trinajstić information content (AvgIpc) is 2.53. The van der Waals surface area contributed by atoms with Gasteiger partial charge in [-0.15, -0.1) is 0 Å². The molecule has 1 aliphatic heterocycles. The summed E-state index contributed by atoms with van der Waals surface area (Å²) >= 11 is 0. The van der Waals surface area contributed by atoms with Crippen molar-refractivity contribution in [2.24, 2.45) is 10.3 Å². The maximum atomic E-state index is 10.8. The van der Waals surface area contributed by atoms with Crippen LogP contribution in [0.2, 0.25) is 0 Å². The molecule has 138 valence electrons. The van der Waals surface area contributed by atoms with E-state index in [1.54, 1.807) is 0 Å². The van der Waals surface area contributed by atoms with Crippen LogP contribution in [0.4, 0.5) is 0 Å². The van der Waals surface area contributed by atoms with Gasteiger partial charge in [0.05, 0.1) is 5.56 Å². The van der Waals surface area contributed by atoms with Gasteiger partial charge in [-0.3, -0.25) is 0 Å². The highest BCUT2D eigenvalue weighted by atomic mass is 16.7. The SMILES string of the molecule is CO/N=C(/C1=NOC(C)(C)C(C)(C)O1)c1c(C)c(C)c(C)c(C)c1O. The van der Waals surface area contributed by atoms with Gasteiger partial charge in [-0.05, 0) is 82.8 Å². The smallest absolute Gasteiger partial charge is 0.281 e. The molecule has 0 bridgehead atoms. The minimum Gasteiger partial charge on any atom is -0.507 e. The third-order valence-electron chi connectivity index (χ3n) is 5.43. The zero-order chi connectivity index (χ0) is 19.2. The second-order valence-electron chi connectivity index (χ2n) is 7.46. The van der Waals surface area contributed by atoms with Crippen LogP contribution in [-0.4, -0.2) is 35.0 Å². The first kappa shape index (κ1) is 19.1. The van der Waals surface area contributed by atoms with Crippen molar-refractivity contribution in [1.82, 2.24) is 0 Å². The van der Waals surface area contributed by atoms with Crippen LogP contribution in [0, 0.1) is 27.7 Å². The number of phenolic OH excluding ortho intramolecular Hbond substituents is 1. The number of aromatic hydroxyl groups is 1. The Hall–Kier alpha value is -2.24. The highest BCUT2D eigenvalue weighted by Crippen LogP contribution is 2.36. The van der Waals surface area contributed by atoms with E-state index in [0.29, 0.717) is 11.3 Å². The Labute approximate surface area is 149 Å². The Balaban J connectivity index is 2.67. The standard InChI is InChI=1S/C19H28N2O4/c1-10-11(2)13(4)16(22)14(12(10)3)15(20-23-9)17-21-25-19(7,8)18(5,6)24-17/h22H,1-9H3/b20-15+. The number of hydrogen-bond donors (Lipinski definition) is 1. The van der Waals surface area contributed by atoms with E-state index >= 15 is 0 Å². The lowest BCUT2D eigenvalue weighted by molar-refractivity contribution is -0.163. The topological polar surface area (TPSA) is 72.6 Å². The molecule has 0 saturated carbocycles. The Morgan fingerprint density at radius 2 is 1.52 bits per heavy atom. The first-order valence-corrected chi connectivity index (χ1v) is 8.31. The number of hydrogen-bond acceptors (Lipinski definition) is 6. The largest absolute Gasteiger partial charge is 0.507 e. The molecule has 1 aromatic carbocycles. The van der Waals surface area contributed by atoms with E-state index in [0.717, 1.165) is 22.3 Å². The molecule has 1 aromatic rings. The quantitative estimate of drug-likeness (QED) is 0.664. The van der Waals surface area contributed by atoms with Gasteiger partial charge in [0.2, 0.25) is 0 Å². The van der Waals surface area contributed by atoms with Gasteiger partial charge in [0.25, 0.3) is 5.90 Å². The van der Waals surface area contributed by atoms with E-state index in [1.807, 2.05) is 55.4 Å². The van der Waals surface area contributed by atoms with Gasteiger partial charge >= 0.3 is 0 Å². The molecule has 25 heavy (non-hydrogen) atoms. The van der Waals surface area contributed by atoms with Gasteiger partial charge in [0, 0.05) is 0 Å². The summed E-state index contributed by atoms with van der Waals surface area (Å²) in [6, 6.07) is 0. The third-order valence-corrected chi connectivity index (χ3v) is 5.43. The van der Waals surface area contributed by atoms with Crippen molar-refractivity contribution < 1.29 is 19.5 Å². The van der Waals surface area contributed by atoms with Crippen LogP contribution < -0.4 is 0 Å². The number of ether oxygens (including phenoxy) is 1. The summed E-state index contributed by atoms with van der Waals surface area (Å²) < 4.78 is 6.08. The summed E-state index contributed by atoms with van der Waals surface area (Å²) in [5.41, 5.74) is 3.41. The molecule has 2 rings (SSSR count). The number of nitrogens with zero attached hydrogens (tertiary/aromatic N) is 2. The molecule has 0 atom stereocenters. The summed E-state index contributed by atoms with van der Waals surface area (Å²) in [5.74, 6) is 0.331. The first-order chi connectivity index (χ1) is 11.4. The molecule has 0 saturated heterocycles. The molecule has 6 nitrogen and oxygen atoms in total. The summed E-state index contributed by atoms with van der Waals surface area (Å²) in [4.78, 5) is 10.7. The van der Waals surface area contributed by atoms with Crippen molar-refractivity contribution in [2.45, 2.75) is 66.6 Å². The van der Waals surface area contributed by atoms with Gasteiger partial charge in [0.15, 0.2) is 11.3 Å². The van der Waals surface area contributed by atoms with Crippen molar-refractivity contribution in [3.8, 4) is 5.75 Å². The lowest BCUT2D eigenvalue weighted by atomic mass is 9.88. The number of benzene rings is 1. The van der Waals surface area contributed by atoms with Gasteiger partial charge in [-0.2, -0.15) is 0 Å². The lowest BCUT2D eigenvalue weighted by Crippen LogP contribution is -2.53. The zero-order valence-corrected chi connectivity index (χ0v) is 16.6. The van der Waals surface area contributed by atoms with E-state index in [2.05, 4.69) is 10.3 Å². The Morgan fingerprint density at radius 3 is 2.04 bits per heavy atom. The molecular formula is C19H28N2O4. The van der Waals surface area contributed by atoms with Crippen LogP contribution in [0.3, 0.4) is 0 Å². The second-order valence-corrected chi connectivity index (χ2v) is 7.46. The Kier molecular flexibility index (Phi) is 4.77. The van der Waals surface area contributed by atoms with Crippen molar-refractivity contribution in [2.75, 3.05) is 7.11 Å². The number of oxime groups is 2. The van der Waals surface area contributed by atoms with E-state index in [4.69, 9.17) is 14.4 Å². The maximum absolute atomic E-state index is 10.8. The van der Waals surface area contributed by atoms with Crippen molar-refractivity contribution in [3.05, 3.63) is 27.8 Å². The summed E-state index contributed by atoms with van der Waals surface area (Å²) in [6.07, 6.45) is 0. The molecule has 0 radical (unpaired) electrons. The normalized spacial score (nSPS) is 18.9. The van der Waals surface area contributed by atoms with Gasteiger partial charge in [0.1, 0.15) is 18.5 Å². The molecule has 0 fully saturated rings. The lowest BCUT2D eigenvalue weighted by Gasteiger charge is -2.42. The molecule has 0 aromatic heterocycles. The van der Waals surface area contributed by atoms with Crippen LogP contribution in [0.1, 0.15) is 55.5 Å². The van der Waals surface area contributed by atoms with Crippen molar-refractivity contribution in [1.29, 1.82) is 0 Å². The van der Waals surface area contributed by atoms with Crippen LogP contribution >= 0.6 is 0 Å². The predicted octanol–water partition coefficient (Wildman–Crippen LogP) is 3.89. The van der Waals surface area contributed by atoms with E-state index in [-0.39, 0.29) is 11.6 Å². The van der Waals surface area contributed by atoms with Gasteiger partial charge in [-0.25, -0.2) is 0 Å². The fourth-order valence-electron chi connectivity index (χ4n) is 2.61. The Bertz CT molecular complexity index is 732. The van der Waals surface area contributed by atoms with E-state index in [9.17, 15) is 5.11 Å². The zero-order valence-electron chi connectivity index (χ0n) is 16.6. The van der Waals surface area contributed by atoms with E-state index < -0.39 is 11.2 Å². The highest BCUT2D eigenvalue weighted by Gasteiger charge is 2.47. The molecule has 0 unspecified atom stereocenters. The van der Waals surface area contributed by atoms with Crippen molar-refractivity contribution >= 4 is 11.6 Å². The molecule has 6 heteroatoms. The summed E-state index contributed by atoms with van der Waals surface area (Å²) in [6.45, 7) is 15.5. The summed E-state index contributed by atoms with van der Waals surface area (Å²) in [5, 5.41) is 19.0. The number of phenols is 1. The second kappa shape index (κ2) is 6.24. The molecule has 1 aliphatic rings. The molecule has 1 N–H and O–H groups in total. The summed E-state index contributed by atoms with van der Waals surface area (Å²) in [7, 11) is 1.44. The third kappa shape index (κ3) is 3.05. The maximum Gasteiger partial charge on any atom is 0.281 e. The predicted molar refractivity (Wildman–Crippen MR) is 98.4 cm³/mol. The van der Waals surface area contributed by atoms with Crippen LogP contribution in [0.15, 0.2) is 10.3 Å². The van der Waals surface area contributed by atoms with E-state index in [1.165, 1.54) is 7.11 Å². The first-order valence-electron chi connectivity index (χ1n) is 8.31. The minimum absolute atomic E-state index is 0.144. The molecule has 0 aliphatic carbocycles. The fraction of sp³-hybridized carbons (Fsp3) is 0.579. The monoisotopic (exact) mass is 348 g/mol. The van der Waals surface area contributed by atoms with Gasteiger partial charge < -0.3 is 19.5 Å². The Morgan fingerprint density at radius 1 is 0.960 bits per heavy atom. The number of rotatable bonds is 3. The minimum atomic E-state index is -0.642. The molecule has 1 heterocycles. The highest BCUT2D eigenvalue weighted by molar-refractivity contribution is 6.46. The average molecular weight is 348 g/mol. The molecule has 0 amide bonds. The fourth-order valence-corrected chi connectivity index (χ4v) is 2.61. The van der Waals surface area contributed by atoms with Crippen LogP contribution in [0.25, 0.3) is 0 Å². The van der Waals surface area contributed by atoms with Crippen LogP contribution in [0.5, 0.6) is 5.75 Å². The molecular weight excluding hydrogens is 320 g/mol. The molecule has 0 spiro atoms.